The Kier molecular flexibility index (Phi) is 5.63. The van der Waals surface area contributed by atoms with Gasteiger partial charge in [0.05, 0.1) is 37.6 Å². The fraction of sp³-hybridized carbons (Fsp3) is 0.950. The molecule has 2 aliphatic carbocycles. The van der Waals surface area contributed by atoms with E-state index in [4.69, 9.17) is 18.9 Å². The molecule has 0 amide bonds. The number of carbonyl (C=O) groups excluding carboxylic acids is 1. The summed E-state index contributed by atoms with van der Waals surface area (Å²) in [5, 5.41) is 0. The van der Waals surface area contributed by atoms with Gasteiger partial charge in [0.25, 0.3) is 0 Å². The molecule has 4 rings (SSSR count). The van der Waals surface area contributed by atoms with Crippen LogP contribution in [0.4, 0.5) is 0 Å². The van der Waals surface area contributed by atoms with Gasteiger partial charge in [0.2, 0.25) is 0 Å². The van der Waals surface area contributed by atoms with E-state index < -0.39 is 6.10 Å². The highest BCUT2D eigenvalue weighted by molar-refractivity contribution is 5.74. The summed E-state index contributed by atoms with van der Waals surface area (Å²) in [6.45, 7) is 3.33. The molecule has 7 unspecified atom stereocenters. The molecule has 0 spiro atoms. The second-order valence-corrected chi connectivity index (χ2v) is 8.38. The number of unbranched alkanes of at least 4 members (excludes halogenated alkanes) is 1. The van der Waals surface area contributed by atoms with Crippen molar-refractivity contribution in [2.75, 3.05) is 13.2 Å². The third-order valence-corrected chi connectivity index (χ3v) is 6.30. The van der Waals surface area contributed by atoms with Crippen LogP contribution in [-0.4, -0.2) is 49.7 Å². The molecule has 5 heteroatoms. The van der Waals surface area contributed by atoms with Gasteiger partial charge in [-0.3, -0.25) is 0 Å². The van der Waals surface area contributed by atoms with Gasteiger partial charge >= 0.3 is 5.97 Å². The van der Waals surface area contributed by atoms with Crippen LogP contribution in [0.5, 0.6) is 0 Å². The molecule has 0 radical (unpaired) electrons. The molecule has 25 heavy (non-hydrogen) atoms. The minimum Gasteiger partial charge on any atom is -0.463 e. The summed E-state index contributed by atoms with van der Waals surface area (Å²) < 4.78 is 22.8. The summed E-state index contributed by atoms with van der Waals surface area (Å²) in [5.74, 6) is 0.827. The van der Waals surface area contributed by atoms with Crippen LogP contribution < -0.4 is 0 Å². The molecule has 0 aromatic heterocycles. The van der Waals surface area contributed by atoms with Crippen molar-refractivity contribution in [2.24, 2.45) is 11.8 Å². The van der Waals surface area contributed by atoms with Crippen LogP contribution in [0.25, 0.3) is 0 Å². The number of hydrogen-bond acceptors (Lipinski definition) is 5. The van der Waals surface area contributed by atoms with Crippen LogP contribution in [-0.2, 0) is 23.7 Å². The Labute approximate surface area is 150 Å². The zero-order valence-electron chi connectivity index (χ0n) is 15.4. The predicted octanol–water partition coefficient (Wildman–Crippen LogP) is 3.24. The highest BCUT2D eigenvalue weighted by Gasteiger charge is 2.45. The molecule has 7 atom stereocenters. The molecular weight excluding hydrogens is 320 g/mol. The minimum absolute atomic E-state index is 0.163. The lowest BCUT2D eigenvalue weighted by Gasteiger charge is -2.24. The minimum atomic E-state index is -0.397. The molecule has 2 aliphatic heterocycles. The number of rotatable bonds is 9. The standard InChI is InChI=1S/C20H32O5/c1-2-3-4-17(22-11-13-5-7-15-18(9-13)24-15)20(21)23-12-14-6-8-16-19(10-14)25-16/h13-19H,2-12H2,1H3. The van der Waals surface area contributed by atoms with Crippen molar-refractivity contribution in [1.29, 1.82) is 0 Å². The molecule has 142 valence electrons. The second kappa shape index (κ2) is 7.93. The van der Waals surface area contributed by atoms with Crippen molar-refractivity contribution >= 4 is 5.97 Å². The van der Waals surface area contributed by atoms with E-state index in [0.29, 0.717) is 49.5 Å². The van der Waals surface area contributed by atoms with Gasteiger partial charge in [-0.1, -0.05) is 19.8 Å². The highest BCUT2D eigenvalue weighted by Crippen LogP contribution is 2.40. The second-order valence-electron chi connectivity index (χ2n) is 8.38. The van der Waals surface area contributed by atoms with Crippen LogP contribution in [0.2, 0.25) is 0 Å². The number of hydrogen-bond donors (Lipinski definition) is 0. The third kappa shape index (κ3) is 4.75. The molecular formula is C20H32O5. The zero-order chi connectivity index (χ0) is 17.2. The average Bonchev–Trinajstić information content (AvgIpc) is 3.52. The van der Waals surface area contributed by atoms with E-state index in [-0.39, 0.29) is 5.97 Å². The number of esters is 1. The van der Waals surface area contributed by atoms with Gasteiger partial charge in [-0.2, -0.15) is 0 Å². The molecule has 2 saturated heterocycles. The first kappa shape index (κ1) is 17.7. The van der Waals surface area contributed by atoms with Gasteiger partial charge in [-0.25, -0.2) is 4.79 Å². The first-order valence-electron chi connectivity index (χ1n) is 10.3. The van der Waals surface area contributed by atoms with E-state index in [9.17, 15) is 4.79 Å². The first-order chi connectivity index (χ1) is 12.2. The van der Waals surface area contributed by atoms with Crippen LogP contribution in [0.3, 0.4) is 0 Å². The number of carbonyl (C=O) groups is 1. The van der Waals surface area contributed by atoms with Gasteiger partial charge in [-0.15, -0.1) is 0 Å². The first-order valence-corrected chi connectivity index (χ1v) is 10.3. The Morgan fingerprint density at radius 1 is 0.960 bits per heavy atom. The van der Waals surface area contributed by atoms with Crippen molar-refractivity contribution in [2.45, 2.75) is 95.2 Å². The van der Waals surface area contributed by atoms with Gasteiger partial charge in [-0.05, 0) is 56.8 Å². The summed E-state index contributed by atoms with van der Waals surface area (Å²) in [4.78, 5) is 12.5. The summed E-state index contributed by atoms with van der Waals surface area (Å²) >= 11 is 0. The van der Waals surface area contributed by atoms with E-state index in [1.807, 2.05) is 0 Å². The van der Waals surface area contributed by atoms with Crippen molar-refractivity contribution in [3.05, 3.63) is 0 Å². The Hall–Kier alpha value is -0.650. The van der Waals surface area contributed by atoms with Gasteiger partial charge < -0.3 is 18.9 Å². The molecule has 2 heterocycles. The molecule has 2 saturated carbocycles. The van der Waals surface area contributed by atoms with Crippen LogP contribution in [0.15, 0.2) is 0 Å². The fourth-order valence-electron chi connectivity index (χ4n) is 4.48. The summed E-state index contributed by atoms with van der Waals surface area (Å²) in [6.07, 6.45) is 11.0. The summed E-state index contributed by atoms with van der Waals surface area (Å²) in [7, 11) is 0. The fourth-order valence-corrected chi connectivity index (χ4v) is 4.48. The topological polar surface area (TPSA) is 60.6 Å². The molecule has 4 fully saturated rings. The average molecular weight is 352 g/mol. The van der Waals surface area contributed by atoms with Crippen LogP contribution in [0.1, 0.15) is 64.7 Å². The van der Waals surface area contributed by atoms with Gasteiger partial charge in [0.1, 0.15) is 0 Å². The quantitative estimate of drug-likeness (QED) is 0.471. The van der Waals surface area contributed by atoms with Crippen molar-refractivity contribution in [3.63, 3.8) is 0 Å². The number of epoxide rings is 2. The van der Waals surface area contributed by atoms with Crippen LogP contribution in [0, 0.1) is 11.8 Å². The Morgan fingerprint density at radius 2 is 1.60 bits per heavy atom. The summed E-state index contributed by atoms with van der Waals surface area (Å²) in [6, 6.07) is 0. The molecule has 0 N–H and O–H groups in total. The molecule has 5 nitrogen and oxygen atoms in total. The Bertz CT molecular complexity index is 467. The lowest BCUT2D eigenvalue weighted by atomic mass is 9.90. The smallest absolute Gasteiger partial charge is 0.335 e. The number of ether oxygens (including phenoxy) is 4. The van der Waals surface area contributed by atoms with E-state index in [2.05, 4.69) is 6.92 Å². The Morgan fingerprint density at radius 3 is 2.20 bits per heavy atom. The van der Waals surface area contributed by atoms with E-state index in [0.717, 1.165) is 57.8 Å². The maximum atomic E-state index is 12.5. The molecule has 0 aromatic carbocycles. The van der Waals surface area contributed by atoms with E-state index in [1.54, 1.807) is 0 Å². The lowest BCUT2D eigenvalue weighted by molar-refractivity contribution is -0.160. The third-order valence-electron chi connectivity index (χ3n) is 6.30. The van der Waals surface area contributed by atoms with Crippen molar-refractivity contribution in [1.82, 2.24) is 0 Å². The number of fused-ring (bicyclic) bond motifs is 2. The lowest BCUT2D eigenvalue weighted by Crippen LogP contribution is -2.31. The maximum absolute atomic E-state index is 12.5. The SMILES string of the molecule is CCCCC(OCC1CCC2OC2C1)C(=O)OCC1CCC2OC2C1. The van der Waals surface area contributed by atoms with Crippen molar-refractivity contribution < 1.29 is 23.7 Å². The largest absolute Gasteiger partial charge is 0.463 e. The normalized spacial score (nSPS) is 39.9. The maximum Gasteiger partial charge on any atom is 0.335 e. The summed E-state index contributed by atoms with van der Waals surface area (Å²) in [5.41, 5.74) is 0. The van der Waals surface area contributed by atoms with E-state index >= 15 is 0 Å². The van der Waals surface area contributed by atoms with E-state index in [1.165, 1.54) is 0 Å². The molecule has 4 aliphatic rings. The van der Waals surface area contributed by atoms with Gasteiger partial charge in [0.15, 0.2) is 6.10 Å². The van der Waals surface area contributed by atoms with Gasteiger partial charge in [0, 0.05) is 0 Å². The van der Waals surface area contributed by atoms with Crippen molar-refractivity contribution in [3.8, 4) is 0 Å². The molecule has 0 bridgehead atoms. The zero-order valence-corrected chi connectivity index (χ0v) is 15.4. The Balaban J connectivity index is 1.20. The predicted molar refractivity (Wildman–Crippen MR) is 92.2 cm³/mol. The highest BCUT2D eigenvalue weighted by atomic mass is 16.6. The monoisotopic (exact) mass is 352 g/mol. The molecule has 0 aromatic rings. The van der Waals surface area contributed by atoms with Crippen LogP contribution >= 0.6 is 0 Å².